The van der Waals surface area contributed by atoms with Crippen molar-refractivity contribution in [1.29, 1.82) is 0 Å². The summed E-state index contributed by atoms with van der Waals surface area (Å²) in [6, 6.07) is 0.230. The number of nitrogens with one attached hydrogen (secondary N) is 1. The Morgan fingerprint density at radius 3 is 2.62 bits per heavy atom. The maximum absolute atomic E-state index is 13.0. The van der Waals surface area contributed by atoms with Crippen LogP contribution in [0.25, 0.3) is 0 Å². The molecule has 26 heavy (non-hydrogen) atoms. The van der Waals surface area contributed by atoms with Gasteiger partial charge in [-0.15, -0.1) is 12.4 Å². The van der Waals surface area contributed by atoms with Gasteiger partial charge in [-0.25, -0.2) is 0 Å². The van der Waals surface area contributed by atoms with Gasteiger partial charge in [0.15, 0.2) is 0 Å². The number of carbonyl (C=O) groups excluding carboxylic acids is 2. The SMILES string of the molecule is CCCCC1CCC(C(=O)N2CCCC(N3CCNCC3=O)C2)CC1.Cl. The van der Waals surface area contributed by atoms with E-state index in [2.05, 4.69) is 17.1 Å². The molecule has 2 heterocycles. The van der Waals surface area contributed by atoms with Crippen molar-refractivity contribution in [3.8, 4) is 0 Å². The third kappa shape index (κ3) is 5.35. The predicted molar refractivity (Wildman–Crippen MR) is 106 cm³/mol. The zero-order valence-electron chi connectivity index (χ0n) is 16.3. The summed E-state index contributed by atoms with van der Waals surface area (Å²) in [7, 11) is 0. The molecular weight excluding hydrogens is 350 g/mol. The molecule has 0 aromatic carbocycles. The molecule has 1 N–H and O–H groups in total. The topological polar surface area (TPSA) is 52.7 Å². The van der Waals surface area contributed by atoms with Crippen molar-refractivity contribution < 1.29 is 9.59 Å². The van der Waals surface area contributed by atoms with Crippen LogP contribution in [0.5, 0.6) is 0 Å². The first-order chi connectivity index (χ1) is 12.2. The smallest absolute Gasteiger partial charge is 0.236 e. The van der Waals surface area contributed by atoms with E-state index >= 15 is 0 Å². The fourth-order valence-corrected chi connectivity index (χ4v) is 4.87. The van der Waals surface area contributed by atoms with Gasteiger partial charge < -0.3 is 15.1 Å². The first-order valence-electron chi connectivity index (χ1n) is 10.5. The molecule has 2 aliphatic heterocycles. The molecule has 1 aliphatic carbocycles. The van der Waals surface area contributed by atoms with Crippen LogP contribution in [-0.2, 0) is 9.59 Å². The second-order valence-corrected chi connectivity index (χ2v) is 8.20. The lowest BCUT2D eigenvalue weighted by molar-refractivity contribution is -0.143. The van der Waals surface area contributed by atoms with Crippen LogP contribution in [0, 0.1) is 11.8 Å². The van der Waals surface area contributed by atoms with Crippen molar-refractivity contribution >= 4 is 24.2 Å². The number of nitrogens with zero attached hydrogens (tertiary/aromatic N) is 2. The molecule has 0 aromatic rings. The van der Waals surface area contributed by atoms with E-state index in [9.17, 15) is 9.59 Å². The molecule has 3 aliphatic rings. The molecule has 2 saturated heterocycles. The number of hydrogen-bond acceptors (Lipinski definition) is 3. The number of rotatable bonds is 5. The lowest BCUT2D eigenvalue weighted by Crippen LogP contribution is -2.58. The van der Waals surface area contributed by atoms with Crippen LogP contribution in [0.4, 0.5) is 0 Å². The molecule has 2 amide bonds. The van der Waals surface area contributed by atoms with Gasteiger partial charge in [0.05, 0.1) is 6.54 Å². The molecule has 6 heteroatoms. The summed E-state index contributed by atoms with van der Waals surface area (Å²) in [5.74, 6) is 1.63. The molecular formula is C20H36ClN3O2. The summed E-state index contributed by atoms with van der Waals surface area (Å²) >= 11 is 0. The van der Waals surface area contributed by atoms with Crippen LogP contribution >= 0.6 is 12.4 Å². The highest BCUT2D eigenvalue weighted by Gasteiger charge is 2.35. The third-order valence-corrected chi connectivity index (χ3v) is 6.44. The first kappa shape index (κ1) is 21.5. The Labute approximate surface area is 164 Å². The lowest BCUT2D eigenvalue weighted by Gasteiger charge is -2.42. The van der Waals surface area contributed by atoms with Crippen LogP contribution < -0.4 is 5.32 Å². The average Bonchev–Trinajstić information content (AvgIpc) is 2.67. The molecule has 1 saturated carbocycles. The van der Waals surface area contributed by atoms with Crippen molar-refractivity contribution in [2.45, 2.75) is 70.8 Å². The van der Waals surface area contributed by atoms with E-state index in [0.29, 0.717) is 12.5 Å². The second kappa shape index (κ2) is 10.5. The molecule has 3 rings (SSSR count). The normalized spacial score (nSPS) is 30.0. The zero-order valence-corrected chi connectivity index (χ0v) is 17.1. The Hall–Kier alpha value is -0.810. The Morgan fingerprint density at radius 1 is 1.15 bits per heavy atom. The standard InChI is InChI=1S/C20H35N3O2.ClH/c1-2-3-5-16-7-9-17(10-8-16)20(25)22-12-4-6-18(15-22)23-13-11-21-14-19(23)24;/h16-18,21H,2-15H2,1H3;1H. The summed E-state index contributed by atoms with van der Waals surface area (Å²) in [4.78, 5) is 29.2. The number of amides is 2. The number of hydrogen-bond donors (Lipinski definition) is 1. The Bertz CT molecular complexity index is 466. The molecule has 0 aromatic heterocycles. The van der Waals surface area contributed by atoms with Crippen LogP contribution in [0.15, 0.2) is 0 Å². The minimum absolute atomic E-state index is 0. The summed E-state index contributed by atoms with van der Waals surface area (Å²) < 4.78 is 0. The monoisotopic (exact) mass is 385 g/mol. The molecule has 150 valence electrons. The summed E-state index contributed by atoms with van der Waals surface area (Å²) in [5, 5.41) is 3.14. The summed E-state index contributed by atoms with van der Waals surface area (Å²) in [6.07, 6.45) is 10.6. The molecule has 1 unspecified atom stereocenters. The van der Waals surface area contributed by atoms with E-state index in [4.69, 9.17) is 0 Å². The predicted octanol–water partition coefficient (Wildman–Crippen LogP) is 2.83. The molecule has 5 nitrogen and oxygen atoms in total. The van der Waals surface area contributed by atoms with E-state index in [1.165, 1.54) is 32.1 Å². The summed E-state index contributed by atoms with van der Waals surface area (Å²) in [6.45, 7) is 6.00. The number of unbranched alkanes of at least 4 members (excludes halogenated alkanes) is 1. The van der Waals surface area contributed by atoms with E-state index < -0.39 is 0 Å². The largest absolute Gasteiger partial charge is 0.340 e. The highest BCUT2D eigenvalue weighted by atomic mass is 35.5. The number of carbonyl (C=O) groups is 2. The second-order valence-electron chi connectivity index (χ2n) is 8.20. The first-order valence-corrected chi connectivity index (χ1v) is 10.5. The van der Waals surface area contributed by atoms with Crippen LogP contribution in [0.2, 0.25) is 0 Å². The quantitative estimate of drug-likeness (QED) is 0.791. The summed E-state index contributed by atoms with van der Waals surface area (Å²) in [5.41, 5.74) is 0. The van der Waals surface area contributed by atoms with E-state index in [0.717, 1.165) is 57.8 Å². The van der Waals surface area contributed by atoms with Gasteiger partial charge in [-0.1, -0.05) is 26.2 Å². The van der Waals surface area contributed by atoms with Gasteiger partial charge in [0.2, 0.25) is 11.8 Å². The van der Waals surface area contributed by atoms with E-state index in [1.807, 2.05) is 4.90 Å². The highest BCUT2D eigenvalue weighted by molar-refractivity contribution is 5.85. The van der Waals surface area contributed by atoms with Gasteiger partial charge >= 0.3 is 0 Å². The fraction of sp³-hybridized carbons (Fsp3) is 0.900. The van der Waals surface area contributed by atoms with E-state index in [-0.39, 0.29) is 30.3 Å². The van der Waals surface area contributed by atoms with Gasteiger partial charge in [0.25, 0.3) is 0 Å². The number of likely N-dealkylation sites (tertiary alicyclic amines) is 1. The number of piperazine rings is 1. The van der Waals surface area contributed by atoms with Crippen molar-refractivity contribution in [2.75, 3.05) is 32.7 Å². The maximum Gasteiger partial charge on any atom is 0.236 e. The van der Waals surface area contributed by atoms with Gasteiger partial charge in [0.1, 0.15) is 0 Å². The Kier molecular flexibility index (Phi) is 8.68. The zero-order chi connectivity index (χ0) is 17.6. The molecule has 3 fully saturated rings. The van der Waals surface area contributed by atoms with Crippen molar-refractivity contribution in [3.05, 3.63) is 0 Å². The molecule has 1 atom stereocenters. The number of piperidine rings is 1. The fourth-order valence-electron chi connectivity index (χ4n) is 4.87. The van der Waals surface area contributed by atoms with Crippen LogP contribution in [-0.4, -0.2) is 60.4 Å². The third-order valence-electron chi connectivity index (χ3n) is 6.44. The van der Waals surface area contributed by atoms with Crippen LogP contribution in [0.3, 0.4) is 0 Å². The van der Waals surface area contributed by atoms with Gasteiger partial charge in [-0.3, -0.25) is 9.59 Å². The average molecular weight is 386 g/mol. The van der Waals surface area contributed by atoms with E-state index in [1.54, 1.807) is 0 Å². The van der Waals surface area contributed by atoms with Crippen molar-refractivity contribution in [3.63, 3.8) is 0 Å². The number of halogens is 1. The van der Waals surface area contributed by atoms with Gasteiger partial charge in [0, 0.05) is 38.1 Å². The van der Waals surface area contributed by atoms with Gasteiger partial charge in [-0.05, 0) is 44.4 Å². The van der Waals surface area contributed by atoms with Crippen molar-refractivity contribution in [1.82, 2.24) is 15.1 Å². The lowest BCUT2D eigenvalue weighted by atomic mass is 9.79. The van der Waals surface area contributed by atoms with Gasteiger partial charge in [-0.2, -0.15) is 0 Å². The van der Waals surface area contributed by atoms with Crippen molar-refractivity contribution in [2.24, 2.45) is 11.8 Å². The Morgan fingerprint density at radius 2 is 1.92 bits per heavy atom. The minimum Gasteiger partial charge on any atom is -0.340 e. The molecule has 0 radical (unpaired) electrons. The molecule has 0 bridgehead atoms. The maximum atomic E-state index is 13.0. The minimum atomic E-state index is 0. The molecule has 0 spiro atoms. The van der Waals surface area contributed by atoms with Crippen LogP contribution in [0.1, 0.15) is 64.7 Å². The Balaban J connectivity index is 0.00000243. The highest BCUT2D eigenvalue weighted by Crippen LogP contribution is 2.33.